The Balaban J connectivity index is 2.96. The highest BCUT2D eigenvalue weighted by atomic mass is 79.9. The predicted octanol–water partition coefficient (Wildman–Crippen LogP) is 3.17. The van der Waals surface area contributed by atoms with Crippen molar-refractivity contribution in [3.05, 3.63) is 44.2 Å². The molecule has 14 heavy (non-hydrogen) atoms. The molecule has 0 bridgehead atoms. The van der Waals surface area contributed by atoms with Crippen molar-refractivity contribution in [3.63, 3.8) is 0 Å². The van der Waals surface area contributed by atoms with Crippen LogP contribution in [0.25, 0.3) is 11.0 Å². The van der Waals surface area contributed by atoms with Gasteiger partial charge in [0.25, 0.3) is 0 Å². The van der Waals surface area contributed by atoms with Crippen molar-refractivity contribution >= 4 is 26.9 Å². The molecule has 2 aromatic rings. The molecule has 0 saturated heterocycles. The van der Waals surface area contributed by atoms with Crippen LogP contribution in [0.2, 0.25) is 0 Å². The van der Waals surface area contributed by atoms with Crippen LogP contribution in [0, 0.1) is 13.8 Å². The summed E-state index contributed by atoms with van der Waals surface area (Å²) in [5, 5.41) is 0.974. The number of hydrogen-bond acceptors (Lipinski definition) is 2. The third-order valence-corrected chi connectivity index (χ3v) is 3.08. The van der Waals surface area contributed by atoms with Gasteiger partial charge in [0.2, 0.25) is 0 Å². The molecule has 0 aliphatic carbocycles. The van der Waals surface area contributed by atoms with E-state index in [9.17, 15) is 4.79 Å². The molecule has 0 spiro atoms. The second-order valence-electron chi connectivity index (χ2n) is 3.35. The number of hydrogen-bond donors (Lipinski definition) is 0. The first-order valence-electron chi connectivity index (χ1n) is 4.28. The third kappa shape index (κ3) is 1.48. The van der Waals surface area contributed by atoms with Crippen LogP contribution in [0.1, 0.15) is 11.1 Å². The fourth-order valence-corrected chi connectivity index (χ4v) is 1.78. The molecule has 0 atom stereocenters. The van der Waals surface area contributed by atoms with E-state index in [0.717, 1.165) is 21.0 Å². The summed E-state index contributed by atoms with van der Waals surface area (Å²) in [6, 6.07) is 5.35. The highest BCUT2D eigenvalue weighted by Crippen LogP contribution is 2.24. The van der Waals surface area contributed by atoms with Crippen molar-refractivity contribution in [1.82, 2.24) is 0 Å². The number of rotatable bonds is 0. The molecule has 1 aromatic carbocycles. The molecule has 0 saturated carbocycles. The Morgan fingerprint density at radius 3 is 2.57 bits per heavy atom. The molecule has 1 heterocycles. The quantitative estimate of drug-likeness (QED) is 0.675. The molecule has 3 heteroatoms. The van der Waals surface area contributed by atoms with Crippen molar-refractivity contribution in [2.24, 2.45) is 0 Å². The number of benzene rings is 1. The molecule has 0 amide bonds. The minimum Gasteiger partial charge on any atom is -0.423 e. The zero-order valence-corrected chi connectivity index (χ0v) is 9.51. The predicted molar refractivity (Wildman–Crippen MR) is 59.7 cm³/mol. The Kier molecular flexibility index (Phi) is 2.19. The van der Waals surface area contributed by atoms with Crippen molar-refractivity contribution < 1.29 is 4.42 Å². The van der Waals surface area contributed by atoms with E-state index in [1.165, 1.54) is 6.07 Å². The molecule has 0 aliphatic rings. The lowest BCUT2D eigenvalue weighted by Gasteiger charge is -2.03. The number of aryl methyl sites for hydroxylation is 2. The summed E-state index contributed by atoms with van der Waals surface area (Å²) in [5.74, 6) is 0. The second-order valence-corrected chi connectivity index (χ2v) is 4.20. The van der Waals surface area contributed by atoms with E-state index in [0.29, 0.717) is 5.58 Å². The first-order valence-corrected chi connectivity index (χ1v) is 5.08. The van der Waals surface area contributed by atoms with Gasteiger partial charge in [-0.3, -0.25) is 0 Å². The van der Waals surface area contributed by atoms with E-state index in [4.69, 9.17) is 4.42 Å². The van der Waals surface area contributed by atoms with Crippen LogP contribution < -0.4 is 5.63 Å². The molecule has 0 aliphatic heterocycles. The lowest BCUT2D eigenvalue weighted by atomic mass is 10.1. The average molecular weight is 253 g/mol. The first kappa shape index (κ1) is 9.46. The van der Waals surface area contributed by atoms with E-state index in [1.807, 2.05) is 26.0 Å². The summed E-state index contributed by atoms with van der Waals surface area (Å²) >= 11 is 3.45. The first-order chi connectivity index (χ1) is 6.58. The van der Waals surface area contributed by atoms with Gasteiger partial charge in [0, 0.05) is 15.9 Å². The van der Waals surface area contributed by atoms with Crippen LogP contribution in [-0.4, -0.2) is 0 Å². The van der Waals surface area contributed by atoms with Crippen LogP contribution >= 0.6 is 15.9 Å². The Labute approximate surface area is 89.7 Å². The van der Waals surface area contributed by atoms with Gasteiger partial charge < -0.3 is 4.42 Å². The van der Waals surface area contributed by atoms with Crippen LogP contribution in [0.5, 0.6) is 0 Å². The van der Waals surface area contributed by atoms with E-state index < -0.39 is 0 Å². The molecular formula is C11H9BrO2. The highest BCUT2D eigenvalue weighted by molar-refractivity contribution is 9.10. The summed E-state index contributed by atoms with van der Waals surface area (Å²) in [5.41, 5.74) is 2.36. The summed E-state index contributed by atoms with van der Waals surface area (Å²) in [6.07, 6.45) is 0. The van der Waals surface area contributed by atoms with Gasteiger partial charge in [0.1, 0.15) is 5.58 Å². The van der Waals surface area contributed by atoms with Gasteiger partial charge in [-0.15, -0.1) is 0 Å². The van der Waals surface area contributed by atoms with Crippen LogP contribution in [-0.2, 0) is 0 Å². The van der Waals surface area contributed by atoms with Gasteiger partial charge in [-0.2, -0.15) is 0 Å². The Morgan fingerprint density at radius 2 is 1.86 bits per heavy atom. The highest BCUT2D eigenvalue weighted by Gasteiger charge is 2.04. The Hall–Kier alpha value is -1.09. The van der Waals surface area contributed by atoms with Gasteiger partial charge in [0.15, 0.2) is 0 Å². The van der Waals surface area contributed by atoms with Crippen molar-refractivity contribution in [1.29, 1.82) is 0 Å². The average Bonchev–Trinajstić information content (AvgIpc) is 2.08. The SMILES string of the molecule is Cc1cc2oc(=O)cc(C)c2cc1Br. The fourth-order valence-electron chi connectivity index (χ4n) is 1.44. The number of fused-ring (bicyclic) bond motifs is 1. The second kappa shape index (κ2) is 3.24. The summed E-state index contributed by atoms with van der Waals surface area (Å²) in [4.78, 5) is 11.1. The van der Waals surface area contributed by atoms with E-state index in [1.54, 1.807) is 0 Å². The molecular weight excluding hydrogens is 244 g/mol. The van der Waals surface area contributed by atoms with Gasteiger partial charge in [0.05, 0.1) is 0 Å². The zero-order valence-electron chi connectivity index (χ0n) is 7.93. The topological polar surface area (TPSA) is 30.2 Å². The molecule has 2 rings (SSSR count). The normalized spacial score (nSPS) is 10.8. The maximum Gasteiger partial charge on any atom is 0.336 e. The van der Waals surface area contributed by atoms with Gasteiger partial charge in [-0.1, -0.05) is 15.9 Å². The van der Waals surface area contributed by atoms with E-state index in [2.05, 4.69) is 15.9 Å². The van der Waals surface area contributed by atoms with E-state index in [-0.39, 0.29) is 5.63 Å². The molecule has 0 N–H and O–H groups in total. The van der Waals surface area contributed by atoms with Gasteiger partial charge in [-0.25, -0.2) is 4.79 Å². The lowest BCUT2D eigenvalue weighted by Crippen LogP contribution is -1.98. The minimum atomic E-state index is -0.295. The summed E-state index contributed by atoms with van der Waals surface area (Å²) < 4.78 is 6.13. The standard InChI is InChI=1S/C11H9BrO2/c1-6-4-11(13)14-10-3-7(2)9(12)5-8(6)10/h3-5H,1-2H3. The third-order valence-electron chi connectivity index (χ3n) is 2.23. The van der Waals surface area contributed by atoms with Crippen molar-refractivity contribution in [2.45, 2.75) is 13.8 Å². The van der Waals surface area contributed by atoms with Crippen molar-refractivity contribution in [2.75, 3.05) is 0 Å². The Bertz CT molecular complexity index is 555. The summed E-state index contributed by atoms with van der Waals surface area (Å²) in [7, 11) is 0. The largest absolute Gasteiger partial charge is 0.423 e. The smallest absolute Gasteiger partial charge is 0.336 e. The molecule has 2 nitrogen and oxygen atoms in total. The minimum absolute atomic E-state index is 0.295. The molecule has 0 fully saturated rings. The molecule has 72 valence electrons. The van der Waals surface area contributed by atoms with Gasteiger partial charge >= 0.3 is 5.63 Å². The monoisotopic (exact) mass is 252 g/mol. The fraction of sp³-hybridized carbons (Fsp3) is 0.182. The van der Waals surface area contributed by atoms with Gasteiger partial charge in [-0.05, 0) is 37.1 Å². The lowest BCUT2D eigenvalue weighted by molar-refractivity contribution is 0.559. The summed E-state index contributed by atoms with van der Waals surface area (Å²) in [6.45, 7) is 3.87. The molecule has 1 aromatic heterocycles. The van der Waals surface area contributed by atoms with Crippen molar-refractivity contribution in [3.8, 4) is 0 Å². The molecule has 0 radical (unpaired) electrons. The van der Waals surface area contributed by atoms with E-state index >= 15 is 0 Å². The van der Waals surface area contributed by atoms with Crippen LogP contribution in [0.4, 0.5) is 0 Å². The Morgan fingerprint density at radius 1 is 1.14 bits per heavy atom. The number of halogens is 1. The molecule has 0 unspecified atom stereocenters. The zero-order chi connectivity index (χ0) is 10.3. The maximum atomic E-state index is 11.1. The maximum absolute atomic E-state index is 11.1. The van der Waals surface area contributed by atoms with Crippen LogP contribution in [0.3, 0.4) is 0 Å². The van der Waals surface area contributed by atoms with Crippen LogP contribution in [0.15, 0.2) is 31.9 Å².